The monoisotopic (exact) mass is 270 g/mol. The zero-order valence-corrected chi connectivity index (χ0v) is 11.6. The standard InChI is InChI=1S/C15H18N4O/c1-19(2)14-6-7-15(11(8-14)10-20)18-17-13-5-3-4-12(16)9-13/h3-9,20H,10,16H2,1-2H3. The van der Waals surface area contributed by atoms with Crippen molar-refractivity contribution in [2.75, 3.05) is 24.7 Å². The highest BCUT2D eigenvalue weighted by molar-refractivity contribution is 5.57. The number of nitrogens with two attached hydrogens (primary N) is 1. The number of aliphatic hydroxyl groups is 1. The molecule has 0 spiro atoms. The first kappa shape index (κ1) is 14.0. The van der Waals surface area contributed by atoms with Gasteiger partial charge in [0.2, 0.25) is 0 Å². The smallest absolute Gasteiger partial charge is 0.0913 e. The van der Waals surface area contributed by atoms with Gasteiger partial charge in [0.15, 0.2) is 0 Å². The third-order valence-electron chi connectivity index (χ3n) is 2.89. The van der Waals surface area contributed by atoms with Crippen LogP contribution in [-0.4, -0.2) is 19.2 Å². The van der Waals surface area contributed by atoms with Crippen LogP contribution in [0.4, 0.5) is 22.7 Å². The number of hydrogen-bond donors (Lipinski definition) is 2. The topological polar surface area (TPSA) is 74.2 Å². The lowest BCUT2D eigenvalue weighted by atomic mass is 10.1. The molecule has 0 radical (unpaired) electrons. The number of rotatable bonds is 4. The van der Waals surface area contributed by atoms with Gasteiger partial charge in [-0.1, -0.05) is 6.07 Å². The summed E-state index contributed by atoms with van der Waals surface area (Å²) in [5.74, 6) is 0. The van der Waals surface area contributed by atoms with E-state index in [4.69, 9.17) is 5.73 Å². The van der Waals surface area contributed by atoms with Crippen molar-refractivity contribution in [1.29, 1.82) is 0 Å². The van der Waals surface area contributed by atoms with E-state index >= 15 is 0 Å². The molecule has 20 heavy (non-hydrogen) atoms. The van der Waals surface area contributed by atoms with Gasteiger partial charge in [0.1, 0.15) is 0 Å². The Labute approximate surface area is 118 Å². The fourth-order valence-corrected chi connectivity index (χ4v) is 1.77. The van der Waals surface area contributed by atoms with Gasteiger partial charge in [-0.25, -0.2) is 0 Å². The molecule has 0 aliphatic rings. The van der Waals surface area contributed by atoms with E-state index in [1.807, 2.05) is 49.3 Å². The molecule has 0 saturated carbocycles. The highest BCUT2D eigenvalue weighted by Crippen LogP contribution is 2.27. The Morgan fingerprint density at radius 3 is 2.55 bits per heavy atom. The zero-order chi connectivity index (χ0) is 14.5. The van der Waals surface area contributed by atoms with Gasteiger partial charge in [0.05, 0.1) is 18.0 Å². The summed E-state index contributed by atoms with van der Waals surface area (Å²) in [7, 11) is 3.90. The lowest BCUT2D eigenvalue weighted by molar-refractivity contribution is 0.282. The third-order valence-corrected chi connectivity index (χ3v) is 2.89. The van der Waals surface area contributed by atoms with Crippen molar-refractivity contribution >= 4 is 22.7 Å². The van der Waals surface area contributed by atoms with Gasteiger partial charge >= 0.3 is 0 Å². The van der Waals surface area contributed by atoms with Crippen molar-refractivity contribution in [3.63, 3.8) is 0 Å². The fourth-order valence-electron chi connectivity index (χ4n) is 1.77. The Hall–Kier alpha value is -2.40. The molecule has 0 aromatic heterocycles. The van der Waals surface area contributed by atoms with E-state index in [0.717, 1.165) is 11.3 Å². The molecule has 2 aromatic carbocycles. The molecule has 0 amide bonds. The number of azo groups is 1. The van der Waals surface area contributed by atoms with Gasteiger partial charge in [0.25, 0.3) is 0 Å². The van der Waals surface area contributed by atoms with Crippen LogP contribution < -0.4 is 10.6 Å². The Balaban J connectivity index is 2.29. The SMILES string of the molecule is CN(C)c1ccc(N=Nc2cccc(N)c2)c(CO)c1. The van der Waals surface area contributed by atoms with Crippen molar-refractivity contribution < 1.29 is 5.11 Å². The number of hydrogen-bond acceptors (Lipinski definition) is 5. The van der Waals surface area contributed by atoms with Gasteiger partial charge in [-0.2, -0.15) is 10.2 Å². The highest BCUT2D eigenvalue weighted by atomic mass is 16.3. The maximum atomic E-state index is 9.43. The molecule has 2 aromatic rings. The lowest BCUT2D eigenvalue weighted by Crippen LogP contribution is -2.08. The van der Waals surface area contributed by atoms with E-state index in [1.54, 1.807) is 12.1 Å². The summed E-state index contributed by atoms with van der Waals surface area (Å²) < 4.78 is 0. The molecule has 5 heteroatoms. The molecule has 0 aliphatic carbocycles. The zero-order valence-electron chi connectivity index (χ0n) is 11.6. The van der Waals surface area contributed by atoms with Gasteiger partial charge < -0.3 is 15.7 Å². The predicted octanol–water partition coefficient (Wildman–Crippen LogP) is 3.24. The van der Waals surface area contributed by atoms with Crippen molar-refractivity contribution in [1.82, 2.24) is 0 Å². The number of aliphatic hydroxyl groups excluding tert-OH is 1. The van der Waals surface area contributed by atoms with E-state index in [2.05, 4.69) is 10.2 Å². The summed E-state index contributed by atoms with van der Waals surface area (Å²) in [6.07, 6.45) is 0. The van der Waals surface area contributed by atoms with Crippen molar-refractivity contribution in [3.05, 3.63) is 48.0 Å². The molecule has 0 atom stereocenters. The van der Waals surface area contributed by atoms with Crippen LogP contribution in [0.2, 0.25) is 0 Å². The average Bonchev–Trinajstić information content (AvgIpc) is 2.45. The molecule has 104 valence electrons. The molecule has 0 bridgehead atoms. The minimum absolute atomic E-state index is 0.0764. The van der Waals surface area contributed by atoms with Crippen molar-refractivity contribution in [2.45, 2.75) is 6.61 Å². The van der Waals surface area contributed by atoms with Gasteiger partial charge in [-0.15, -0.1) is 0 Å². The molecular weight excluding hydrogens is 252 g/mol. The van der Waals surface area contributed by atoms with Crippen LogP contribution >= 0.6 is 0 Å². The summed E-state index contributed by atoms with van der Waals surface area (Å²) in [5, 5.41) is 17.7. The summed E-state index contributed by atoms with van der Waals surface area (Å²) in [6.45, 7) is -0.0764. The quantitative estimate of drug-likeness (QED) is 0.661. The molecule has 5 nitrogen and oxygen atoms in total. The fraction of sp³-hybridized carbons (Fsp3) is 0.200. The predicted molar refractivity (Wildman–Crippen MR) is 81.7 cm³/mol. The number of nitrogen functional groups attached to an aromatic ring is 1. The molecule has 0 heterocycles. The second-order valence-corrected chi connectivity index (χ2v) is 4.66. The minimum atomic E-state index is -0.0764. The lowest BCUT2D eigenvalue weighted by Gasteiger charge is -2.14. The summed E-state index contributed by atoms with van der Waals surface area (Å²) in [5.41, 5.74) is 9.42. The van der Waals surface area contributed by atoms with Crippen LogP contribution in [-0.2, 0) is 6.61 Å². The Morgan fingerprint density at radius 2 is 1.90 bits per heavy atom. The van der Waals surface area contributed by atoms with E-state index in [9.17, 15) is 5.11 Å². The van der Waals surface area contributed by atoms with E-state index < -0.39 is 0 Å². The first-order chi connectivity index (χ1) is 9.60. The normalized spacial score (nSPS) is 10.9. The number of nitrogens with zero attached hydrogens (tertiary/aromatic N) is 3. The second-order valence-electron chi connectivity index (χ2n) is 4.66. The van der Waals surface area contributed by atoms with Crippen LogP contribution in [0.25, 0.3) is 0 Å². The maximum Gasteiger partial charge on any atom is 0.0913 e. The van der Waals surface area contributed by atoms with E-state index in [1.165, 1.54) is 0 Å². The molecule has 0 unspecified atom stereocenters. The Kier molecular flexibility index (Phi) is 4.32. The van der Waals surface area contributed by atoms with Gasteiger partial charge in [-0.05, 0) is 36.4 Å². The summed E-state index contributed by atoms with van der Waals surface area (Å²) in [4.78, 5) is 1.97. The van der Waals surface area contributed by atoms with Gasteiger partial charge in [-0.3, -0.25) is 0 Å². The maximum absolute atomic E-state index is 9.43. The molecule has 0 saturated heterocycles. The Bertz CT molecular complexity index is 623. The minimum Gasteiger partial charge on any atom is -0.399 e. The molecule has 3 N–H and O–H groups in total. The van der Waals surface area contributed by atoms with Crippen LogP contribution in [0.15, 0.2) is 52.7 Å². The van der Waals surface area contributed by atoms with Crippen LogP contribution in [0, 0.1) is 0 Å². The first-order valence-electron chi connectivity index (χ1n) is 6.28. The Morgan fingerprint density at radius 1 is 1.10 bits per heavy atom. The largest absolute Gasteiger partial charge is 0.399 e. The van der Waals surface area contributed by atoms with Crippen LogP contribution in [0.5, 0.6) is 0 Å². The molecule has 0 fully saturated rings. The molecular formula is C15H18N4O. The molecule has 2 rings (SSSR count). The average molecular weight is 270 g/mol. The summed E-state index contributed by atoms with van der Waals surface area (Å²) in [6, 6.07) is 12.9. The molecule has 0 aliphatic heterocycles. The van der Waals surface area contributed by atoms with Crippen molar-refractivity contribution in [3.8, 4) is 0 Å². The van der Waals surface area contributed by atoms with Crippen molar-refractivity contribution in [2.24, 2.45) is 10.2 Å². The van der Waals surface area contributed by atoms with E-state index in [-0.39, 0.29) is 6.61 Å². The number of anilines is 2. The number of benzene rings is 2. The van der Waals surface area contributed by atoms with Gasteiger partial charge in [0, 0.05) is 31.0 Å². The van der Waals surface area contributed by atoms with Crippen LogP contribution in [0.3, 0.4) is 0 Å². The summed E-state index contributed by atoms with van der Waals surface area (Å²) >= 11 is 0. The second kappa shape index (κ2) is 6.16. The third kappa shape index (κ3) is 3.33. The van der Waals surface area contributed by atoms with Crippen LogP contribution in [0.1, 0.15) is 5.56 Å². The van der Waals surface area contributed by atoms with E-state index in [0.29, 0.717) is 17.1 Å². The highest BCUT2D eigenvalue weighted by Gasteiger charge is 2.04. The first-order valence-corrected chi connectivity index (χ1v) is 6.28.